The van der Waals surface area contributed by atoms with Gasteiger partial charge in [-0.15, -0.1) is 0 Å². The standard InChI is InChI=1S/C15H29N3O2/c1-20-10-9-18-8-7-13(12-18)11-16-15(19)17-14-5-3-2-4-6-14/h13-14H,2-12H2,1H3,(H2,16,17,19)/t13-/m0/s1. The van der Waals surface area contributed by atoms with Crippen molar-refractivity contribution in [3.05, 3.63) is 0 Å². The molecular weight excluding hydrogens is 254 g/mol. The second kappa shape index (κ2) is 8.47. The number of carbonyl (C=O) groups is 1. The molecule has 2 amide bonds. The fourth-order valence-corrected chi connectivity index (χ4v) is 3.22. The summed E-state index contributed by atoms with van der Waals surface area (Å²) in [5.41, 5.74) is 0. The van der Waals surface area contributed by atoms with Crippen LogP contribution < -0.4 is 10.6 Å². The Labute approximate surface area is 122 Å². The molecule has 1 saturated carbocycles. The summed E-state index contributed by atoms with van der Waals surface area (Å²) in [6.45, 7) is 4.79. The second-order valence-corrected chi connectivity index (χ2v) is 6.14. The lowest BCUT2D eigenvalue weighted by molar-refractivity contribution is 0.159. The Morgan fingerprint density at radius 3 is 2.80 bits per heavy atom. The minimum absolute atomic E-state index is 0.0206. The number of hydrogen-bond donors (Lipinski definition) is 2. The molecule has 0 radical (unpaired) electrons. The number of nitrogens with zero attached hydrogens (tertiary/aromatic N) is 1. The molecule has 20 heavy (non-hydrogen) atoms. The maximum Gasteiger partial charge on any atom is 0.315 e. The molecule has 0 spiro atoms. The Morgan fingerprint density at radius 2 is 2.05 bits per heavy atom. The van der Waals surface area contributed by atoms with E-state index in [2.05, 4.69) is 15.5 Å². The summed E-state index contributed by atoms with van der Waals surface area (Å²) in [4.78, 5) is 14.3. The van der Waals surface area contributed by atoms with E-state index in [0.717, 1.165) is 45.6 Å². The van der Waals surface area contributed by atoms with E-state index >= 15 is 0 Å². The molecule has 2 N–H and O–H groups in total. The number of nitrogens with one attached hydrogen (secondary N) is 2. The van der Waals surface area contributed by atoms with E-state index in [0.29, 0.717) is 12.0 Å². The molecule has 1 aliphatic heterocycles. The first kappa shape index (κ1) is 15.6. The number of hydrogen-bond acceptors (Lipinski definition) is 3. The minimum atomic E-state index is 0.0206. The fraction of sp³-hybridized carbons (Fsp3) is 0.933. The Balaban J connectivity index is 1.57. The zero-order valence-electron chi connectivity index (χ0n) is 12.7. The van der Waals surface area contributed by atoms with Gasteiger partial charge in [0.15, 0.2) is 0 Å². The van der Waals surface area contributed by atoms with E-state index in [9.17, 15) is 4.79 Å². The quantitative estimate of drug-likeness (QED) is 0.778. The number of ether oxygens (including phenoxy) is 1. The van der Waals surface area contributed by atoms with Gasteiger partial charge in [-0.25, -0.2) is 4.79 Å². The molecule has 1 atom stereocenters. The van der Waals surface area contributed by atoms with Crippen LogP contribution >= 0.6 is 0 Å². The van der Waals surface area contributed by atoms with E-state index in [1.165, 1.54) is 25.7 Å². The Bertz CT molecular complexity index is 293. The summed E-state index contributed by atoms with van der Waals surface area (Å²) < 4.78 is 5.10. The molecule has 116 valence electrons. The molecule has 1 saturated heterocycles. The smallest absolute Gasteiger partial charge is 0.315 e. The van der Waals surface area contributed by atoms with Crippen molar-refractivity contribution < 1.29 is 9.53 Å². The number of rotatable bonds is 6. The van der Waals surface area contributed by atoms with Crippen molar-refractivity contribution >= 4 is 6.03 Å². The number of urea groups is 1. The SMILES string of the molecule is COCCN1CC[C@@H](CNC(=O)NC2CCCCC2)C1. The number of methoxy groups -OCH3 is 1. The predicted octanol–water partition coefficient (Wildman–Crippen LogP) is 1.59. The largest absolute Gasteiger partial charge is 0.383 e. The summed E-state index contributed by atoms with van der Waals surface area (Å²) in [6.07, 6.45) is 7.28. The molecule has 5 nitrogen and oxygen atoms in total. The molecule has 0 unspecified atom stereocenters. The number of carbonyl (C=O) groups excluding carboxylic acids is 1. The van der Waals surface area contributed by atoms with Gasteiger partial charge in [0.1, 0.15) is 0 Å². The van der Waals surface area contributed by atoms with E-state index in [4.69, 9.17) is 4.74 Å². The van der Waals surface area contributed by atoms with Gasteiger partial charge in [0, 0.05) is 32.8 Å². The summed E-state index contributed by atoms with van der Waals surface area (Å²) in [6, 6.07) is 0.415. The van der Waals surface area contributed by atoms with Crippen molar-refractivity contribution in [1.82, 2.24) is 15.5 Å². The lowest BCUT2D eigenvalue weighted by Gasteiger charge is -2.23. The lowest BCUT2D eigenvalue weighted by Crippen LogP contribution is -2.44. The maximum atomic E-state index is 11.9. The zero-order chi connectivity index (χ0) is 14.2. The van der Waals surface area contributed by atoms with Crippen molar-refractivity contribution in [2.75, 3.05) is 39.9 Å². The van der Waals surface area contributed by atoms with Crippen molar-refractivity contribution in [2.45, 2.75) is 44.6 Å². The van der Waals surface area contributed by atoms with Gasteiger partial charge in [0.2, 0.25) is 0 Å². The van der Waals surface area contributed by atoms with Crippen LogP contribution in [0.4, 0.5) is 4.79 Å². The van der Waals surface area contributed by atoms with Crippen LogP contribution in [-0.2, 0) is 4.74 Å². The van der Waals surface area contributed by atoms with Crippen molar-refractivity contribution in [3.8, 4) is 0 Å². The van der Waals surface area contributed by atoms with Gasteiger partial charge in [-0.2, -0.15) is 0 Å². The van der Waals surface area contributed by atoms with E-state index in [1.54, 1.807) is 7.11 Å². The van der Waals surface area contributed by atoms with E-state index < -0.39 is 0 Å². The van der Waals surface area contributed by atoms with Crippen molar-refractivity contribution in [2.24, 2.45) is 5.92 Å². The third-order valence-electron chi connectivity index (χ3n) is 4.47. The first-order chi connectivity index (χ1) is 9.78. The van der Waals surface area contributed by atoms with Gasteiger partial charge in [-0.3, -0.25) is 0 Å². The highest BCUT2D eigenvalue weighted by Gasteiger charge is 2.23. The van der Waals surface area contributed by atoms with Gasteiger partial charge >= 0.3 is 6.03 Å². The summed E-state index contributed by atoms with van der Waals surface area (Å²) in [5, 5.41) is 6.15. The van der Waals surface area contributed by atoms with Crippen LogP contribution in [0.25, 0.3) is 0 Å². The molecule has 2 rings (SSSR count). The fourth-order valence-electron chi connectivity index (χ4n) is 3.22. The number of likely N-dealkylation sites (tertiary alicyclic amines) is 1. The molecule has 2 fully saturated rings. The van der Waals surface area contributed by atoms with E-state index in [-0.39, 0.29) is 6.03 Å². The van der Waals surface area contributed by atoms with E-state index in [1.807, 2.05) is 0 Å². The van der Waals surface area contributed by atoms with Crippen LogP contribution in [0, 0.1) is 5.92 Å². The van der Waals surface area contributed by atoms with Gasteiger partial charge in [0.25, 0.3) is 0 Å². The normalized spacial score (nSPS) is 24.8. The number of amides is 2. The lowest BCUT2D eigenvalue weighted by atomic mass is 9.96. The second-order valence-electron chi connectivity index (χ2n) is 6.14. The Morgan fingerprint density at radius 1 is 1.25 bits per heavy atom. The molecule has 0 aromatic rings. The molecule has 5 heteroatoms. The third-order valence-corrected chi connectivity index (χ3v) is 4.47. The van der Waals surface area contributed by atoms with Crippen LogP contribution in [0.3, 0.4) is 0 Å². The third kappa shape index (κ3) is 5.29. The van der Waals surface area contributed by atoms with Crippen molar-refractivity contribution in [1.29, 1.82) is 0 Å². The topological polar surface area (TPSA) is 53.6 Å². The Hall–Kier alpha value is -0.810. The molecule has 0 aromatic heterocycles. The monoisotopic (exact) mass is 283 g/mol. The summed E-state index contributed by atoms with van der Waals surface area (Å²) in [5.74, 6) is 0.587. The summed E-state index contributed by atoms with van der Waals surface area (Å²) in [7, 11) is 1.74. The van der Waals surface area contributed by atoms with Gasteiger partial charge in [0.05, 0.1) is 6.61 Å². The maximum absolute atomic E-state index is 11.9. The minimum Gasteiger partial charge on any atom is -0.383 e. The molecule has 2 aliphatic rings. The first-order valence-corrected chi connectivity index (χ1v) is 8.03. The molecular formula is C15H29N3O2. The Kier molecular flexibility index (Phi) is 6.60. The van der Waals surface area contributed by atoms with Crippen molar-refractivity contribution in [3.63, 3.8) is 0 Å². The molecule has 1 aliphatic carbocycles. The molecule has 0 aromatic carbocycles. The van der Waals surface area contributed by atoms with Gasteiger partial charge < -0.3 is 20.3 Å². The van der Waals surface area contributed by atoms with Crippen LogP contribution in [-0.4, -0.2) is 56.9 Å². The zero-order valence-corrected chi connectivity index (χ0v) is 12.7. The first-order valence-electron chi connectivity index (χ1n) is 8.03. The molecule has 0 bridgehead atoms. The van der Waals surface area contributed by atoms with Gasteiger partial charge in [-0.1, -0.05) is 19.3 Å². The predicted molar refractivity (Wildman–Crippen MR) is 79.8 cm³/mol. The average Bonchev–Trinajstić information content (AvgIpc) is 2.92. The van der Waals surface area contributed by atoms with Gasteiger partial charge in [-0.05, 0) is 31.7 Å². The molecule has 1 heterocycles. The van der Waals surface area contributed by atoms with Crippen LogP contribution in [0.1, 0.15) is 38.5 Å². The highest BCUT2D eigenvalue weighted by molar-refractivity contribution is 5.74. The highest BCUT2D eigenvalue weighted by Crippen LogP contribution is 2.17. The van der Waals surface area contributed by atoms with Crippen LogP contribution in [0.2, 0.25) is 0 Å². The average molecular weight is 283 g/mol. The van der Waals surface area contributed by atoms with Crippen LogP contribution in [0.15, 0.2) is 0 Å². The van der Waals surface area contributed by atoms with Crippen LogP contribution in [0.5, 0.6) is 0 Å². The highest BCUT2D eigenvalue weighted by atomic mass is 16.5. The summed E-state index contributed by atoms with van der Waals surface area (Å²) >= 11 is 0.